The molecule has 0 aliphatic carbocycles. The molecule has 3 nitrogen and oxygen atoms in total. The molecule has 0 aromatic carbocycles. The number of hydrogen-bond acceptors (Lipinski definition) is 3. The predicted octanol–water partition coefficient (Wildman–Crippen LogP) is 2.45. The molecule has 0 N–H and O–H groups in total. The first-order valence-corrected chi connectivity index (χ1v) is 6.45. The molecule has 1 aliphatic heterocycles. The summed E-state index contributed by atoms with van der Waals surface area (Å²) in [7, 11) is 0. The van der Waals surface area contributed by atoms with E-state index < -0.39 is 0 Å². The van der Waals surface area contributed by atoms with Gasteiger partial charge in [0.1, 0.15) is 6.10 Å². The summed E-state index contributed by atoms with van der Waals surface area (Å²) in [6, 6.07) is 0.534. The molecule has 0 radical (unpaired) electrons. The average Bonchev–Trinajstić information content (AvgIpc) is 2.20. The van der Waals surface area contributed by atoms with Gasteiger partial charge in [-0.25, -0.2) is 0 Å². The van der Waals surface area contributed by atoms with Gasteiger partial charge in [0.25, 0.3) is 0 Å². The number of likely N-dealkylation sites (tertiary alicyclic amines) is 1. The van der Waals surface area contributed by atoms with Gasteiger partial charge < -0.3 is 9.64 Å². The zero-order chi connectivity index (χ0) is 12.1. The van der Waals surface area contributed by atoms with Crippen molar-refractivity contribution in [3.05, 3.63) is 0 Å². The number of nitrogens with zero attached hydrogens (tertiary/aromatic N) is 1. The van der Waals surface area contributed by atoms with Gasteiger partial charge in [-0.15, -0.1) is 0 Å². The zero-order valence-electron chi connectivity index (χ0n) is 11.0. The van der Waals surface area contributed by atoms with E-state index in [4.69, 9.17) is 4.74 Å². The molecule has 0 bridgehead atoms. The van der Waals surface area contributed by atoms with Crippen LogP contribution in [0, 0.1) is 5.92 Å². The second kappa shape index (κ2) is 6.24. The van der Waals surface area contributed by atoms with Gasteiger partial charge in [0.05, 0.1) is 0 Å². The van der Waals surface area contributed by atoms with Gasteiger partial charge in [0.15, 0.2) is 0 Å². The van der Waals surface area contributed by atoms with E-state index >= 15 is 0 Å². The Morgan fingerprint density at radius 1 is 1.44 bits per heavy atom. The van der Waals surface area contributed by atoms with Crippen molar-refractivity contribution in [3.63, 3.8) is 0 Å². The molecule has 1 heterocycles. The Kier molecular flexibility index (Phi) is 5.26. The van der Waals surface area contributed by atoms with Crippen LogP contribution in [0.4, 0.5) is 0 Å². The Morgan fingerprint density at radius 3 is 2.69 bits per heavy atom. The van der Waals surface area contributed by atoms with Gasteiger partial charge in [-0.05, 0) is 26.3 Å². The van der Waals surface area contributed by atoms with Crippen molar-refractivity contribution in [1.82, 2.24) is 4.90 Å². The van der Waals surface area contributed by atoms with E-state index in [-0.39, 0.29) is 12.1 Å². The van der Waals surface area contributed by atoms with Crippen LogP contribution in [0.1, 0.15) is 47.0 Å². The smallest absolute Gasteiger partial charge is 0.302 e. The summed E-state index contributed by atoms with van der Waals surface area (Å²) >= 11 is 0. The lowest BCUT2D eigenvalue weighted by atomic mass is 9.91. The second-order valence-electron chi connectivity index (χ2n) is 5.06. The number of rotatable bonds is 4. The van der Waals surface area contributed by atoms with E-state index in [9.17, 15) is 4.79 Å². The normalized spacial score (nSPS) is 31.4. The molecule has 94 valence electrons. The number of esters is 1. The van der Waals surface area contributed by atoms with Gasteiger partial charge in [0.2, 0.25) is 0 Å². The highest BCUT2D eigenvalue weighted by Crippen LogP contribution is 2.25. The Balaban J connectivity index is 2.46. The summed E-state index contributed by atoms with van der Waals surface area (Å²) in [5, 5.41) is 0. The molecule has 1 rings (SSSR count). The first-order chi connectivity index (χ1) is 7.54. The van der Waals surface area contributed by atoms with Gasteiger partial charge in [-0.3, -0.25) is 4.79 Å². The highest BCUT2D eigenvalue weighted by atomic mass is 16.5. The summed E-state index contributed by atoms with van der Waals surface area (Å²) in [5.41, 5.74) is 0. The molecular formula is C13H25NO2. The van der Waals surface area contributed by atoms with Crippen LogP contribution in [-0.2, 0) is 9.53 Å². The minimum Gasteiger partial charge on any atom is -0.462 e. The standard InChI is InChI=1S/C13H25NO2/c1-5-6-7-14-9-10(2)13(8-11(14)3)16-12(4)15/h10-11,13H,5-9H2,1-4H3. The van der Waals surface area contributed by atoms with E-state index in [0.29, 0.717) is 12.0 Å². The van der Waals surface area contributed by atoms with Crippen molar-refractivity contribution in [3.8, 4) is 0 Å². The lowest BCUT2D eigenvalue weighted by Gasteiger charge is -2.41. The fourth-order valence-corrected chi connectivity index (χ4v) is 2.44. The van der Waals surface area contributed by atoms with Gasteiger partial charge in [-0.2, -0.15) is 0 Å². The van der Waals surface area contributed by atoms with Crippen LogP contribution in [0.15, 0.2) is 0 Å². The summed E-state index contributed by atoms with van der Waals surface area (Å²) in [5.74, 6) is 0.308. The number of hydrogen-bond donors (Lipinski definition) is 0. The average molecular weight is 227 g/mol. The van der Waals surface area contributed by atoms with E-state index in [0.717, 1.165) is 13.0 Å². The first kappa shape index (κ1) is 13.5. The Labute approximate surface area is 99.1 Å². The lowest BCUT2D eigenvalue weighted by molar-refractivity contribution is -0.153. The third-order valence-corrected chi connectivity index (χ3v) is 3.47. The maximum Gasteiger partial charge on any atom is 0.302 e. The van der Waals surface area contributed by atoms with Crippen molar-refractivity contribution in [1.29, 1.82) is 0 Å². The van der Waals surface area contributed by atoms with Crippen molar-refractivity contribution < 1.29 is 9.53 Å². The molecule has 0 aromatic heterocycles. The van der Waals surface area contributed by atoms with Gasteiger partial charge in [0, 0.05) is 25.4 Å². The largest absolute Gasteiger partial charge is 0.462 e. The maximum absolute atomic E-state index is 11.0. The fraction of sp³-hybridized carbons (Fsp3) is 0.923. The third kappa shape index (κ3) is 3.78. The van der Waals surface area contributed by atoms with Gasteiger partial charge >= 0.3 is 5.97 Å². The van der Waals surface area contributed by atoms with E-state index in [1.807, 2.05) is 0 Å². The highest BCUT2D eigenvalue weighted by Gasteiger charge is 2.32. The van der Waals surface area contributed by atoms with Crippen LogP contribution in [0.25, 0.3) is 0 Å². The lowest BCUT2D eigenvalue weighted by Crippen LogP contribution is -2.48. The number of carbonyl (C=O) groups excluding carboxylic acids is 1. The Hall–Kier alpha value is -0.570. The number of unbranched alkanes of at least 4 members (excludes halogenated alkanes) is 1. The van der Waals surface area contributed by atoms with Crippen LogP contribution in [0.2, 0.25) is 0 Å². The SMILES string of the molecule is CCCCN1CC(C)C(OC(C)=O)CC1C. The third-order valence-electron chi connectivity index (χ3n) is 3.47. The summed E-state index contributed by atoms with van der Waals surface area (Å²) < 4.78 is 5.36. The van der Waals surface area contributed by atoms with Crippen molar-refractivity contribution in [2.24, 2.45) is 5.92 Å². The van der Waals surface area contributed by atoms with Crippen LogP contribution < -0.4 is 0 Å². The van der Waals surface area contributed by atoms with Gasteiger partial charge in [-0.1, -0.05) is 20.3 Å². The molecule has 0 amide bonds. The quantitative estimate of drug-likeness (QED) is 0.691. The summed E-state index contributed by atoms with van der Waals surface area (Å²) in [6.07, 6.45) is 3.59. The van der Waals surface area contributed by atoms with Crippen molar-refractivity contribution in [2.45, 2.75) is 59.1 Å². The molecule has 3 heteroatoms. The minimum atomic E-state index is -0.147. The Bertz CT molecular complexity index is 230. The fourth-order valence-electron chi connectivity index (χ4n) is 2.44. The molecule has 3 unspecified atom stereocenters. The molecule has 16 heavy (non-hydrogen) atoms. The predicted molar refractivity (Wildman–Crippen MR) is 65.3 cm³/mol. The minimum absolute atomic E-state index is 0.116. The number of carbonyl (C=O) groups is 1. The molecule has 1 saturated heterocycles. The Morgan fingerprint density at radius 2 is 2.12 bits per heavy atom. The van der Waals surface area contributed by atoms with E-state index in [2.05, 4.69) is 25.7 Å². The summed E-state index contributed by atoms with van der Waals surface area (Å²) in [6.45, 7) is 10.4. The molecular weight excluding hydrogens is 202 g/mol. The van der Waals surface area contributed by atoms with Crippen LogP contribution in [0.3, 0.4) is 0 Å². The van der Waals surface area contributed by atoms with E-state index in [1.165, 1.54) is 26.3 Å². The zero-order valence-corrected chi connectivity index (χ0v) is 11.0. The van der Waals surface area contributed by atoms with Crippen LogP contribution in [-0.4, -0.2) is 36.1 Å². The monoisotopic (exact) mass is 227 g/mol. The number of ether oxygens (including phenoxy) is 1. The van der Waals surface area contributed by atoms with E-state index in [1.54, 1.807) is 0 Å². The maximum atomic E-state index is 11.0. The molecule has 3 atom stereocenters. The highest BCUT2D eigenvalue weighted by molar-refractivity contribution is 5.66. The summed E-state index contributed by atoms with van der Waals surface area (Å²) in [4.78, 5) is 13.5. The molecule has 1 fully saturated rings. The van der Waals surface area contributed by atoms with Crippen LogP contribution >= 0.6 is 0 Å². The first-order valence-electron chi connectivity index (χ1n) is 6.45. The second-order valence-corrected chi connectivity index (χ2v) is 5.06. The molecule has 0 spiro atoms. The van der Waals surface area contributed by atoms with Crippen LogP contribution in [0.5, 0.6) is 0 Å². The van der Waals surface area contributed by atoms with Crippen molar-refractivity contribution >= 4 is 5.97 Å². The molecule has 0 saturated carbocycles. The topological polar surface area (TPSA) is 29.5 Å². The number of piperidine rings is 1. The molecule has 0 aromatic rings. The molecule has 1 aliphatic rings. The van der Waals surface area contributed by atoms with Crippen molar-refractivity contribution in [2.75, 3.05) is 13.1 Å².